The monoisotopic (exact) mass is 363 g/mol. The number of hydrogen-bond acceptors (Lipinski definition) is 3. The van der Waals surface area contributed by atoms with Gasteiger partial charge in [-0.3, -0.25) is 0 Å². The summed E-state index contributed by atoms with van der Waals surface area (Å²) in [5.74, 6) is 0.564. The van der Waals surface area contributed by atoms with E-state index in [9.17, 15) is 0 Å². The third-order valence-corrected chi connectivity index (χ3v) is 5.58. The minimum absolute atomic E-state index is 0.0860. The maximum atomic E-state index is 6.41. The van der Waals surface area contributed by atoms with Crippen molar-refractivity contribution in [2.45, 2.75) is 19.9 Å². The number of ether oxygens (including phenoxy) is 1. The van der Waals surface area contributed by atoms with Gasteiger partial charge < -0.3 is 10.1 Å². The van der Waals surface area contributed by atoms with E-state index >= 15 is 0 Å². The summed E-state index contributed by atoms with van der Waals surface area (Å²) in [6.07, 6.45) is 0. The zero-order valence-corrected chi connectivity index (χ0v) is 15.1. The van der Waals surface area contributed by atoms with E-state index < -0.39 is 0 Å². The predicted molar refractivity (Wildman–Crippen MR) is 92.6 cm³/mol. The van der Waals surface area contributed by atoms with Crippen LogP contribution in [0.3, 0.4) is 0 Å². The molecule has 0 aliphatic carbocycles. The summed E-state index contributed by atoms with van der Waals surface area (Å²) in [6, 6.07) is 3.48. The minimum Gasteiger partial charge on any atom is -0.495 e. The van der Waals surface area contributed by atoms with E-state index in [4.69, 9.17) is 39.5 Å². The number of methoxy groups -OCH3 is 1. The first-order valence-corrected chi connectivity index (χ1v) is 8.50. The topological polar surface area (TPSA) is 21.3 Å². The highest BCUT2D eigenvalue weighted by Gasteiger charge is 2.23. The van der Waals surface area contributed by atoms with Gasteiger partial charge >= 0.3 is 0 Å². The molecule has 1 aromatic heterocycles. The Morgan fingerprint density at radius 1 is 1.24 bits per heavy atom. The van der Waals surface area contributed by atoms with Crippen molar-refractivity contribution in [1.29, 1.82) is 0 Å². The standard InChI is InChI=1S/C15H16Cl3NOS/c1-4-19-14(15-13(18)8(2)7-21-15)9-5-11(17)12(20-3)6-10(9)16/h5-7,14,19H,4H2,1-3H3. The molecule has 2 aromatic rings. The lowest BCUT2D eigenvalue weighted by Gasteiger charge is -2.20. The van der Waals surface area contributed by atoms with Crippen LogP contribution in [-0.4, -0.2) is 13.7 Å². The molecule has 0 radical (unpaired) electrons. The van der Waals surface area contributed by atoms with Gasteiger partial charge in [0.05, 0.1) is 23.2 Å². The van der Waals surface area contributed by atoms with Crippen molar-refractivity contribution >= 4 is 46.1 Å². The van der Waals surface area contributed by atoms with Crippen LogP contribution in [-0.2, 0) is 0 Å². The van der Waals surface area contributed by atoms with E-state index in [1.165, 1.54) is 0 Å². The third kappa shape index (κ3) is 3.49. The fourth-order valence-corrected chi connectivity index (χ4v) is 4.02. The van der Waals surface area contributed by atoms with Crippen molar-refractivity contribution in [3.05, 3.63) is 48.6 Å². The number of thiophene rings is 1. The molecule has 114 valence electrons. The van der Waals surface area contributed by atoms with Gasteiger partial charge in [0.15, 0.2) is 0 Å². The maximum Gasteiger partial charge on any atom is 0.138 e. The van der Waals surface area contributed by atoms with Crippen molar-refractivity contribution < 1.29 is 4.74 Å². The van der Waals surface area contributed by atoms with E-state index in [1.807, 2.05) is 25.3 Å². The number of rotatable bonds is 5. The molecule has 0 fully saturated rings. The molecular weight excluding hydrogens is 349 g/mol. The van der Waals surface area contributed by atoms with Crippen LogP contribution in [0, 0.1) is 6.92 Å². The molecule has 0 spiro atoms. The fourth-order valence-electron chi connectivity index (χ4n) is 2.11. The molecule has 1 heterocycles. The molecular formula is C15H16Cl3NOS. The second kappa shape index (κ2) is 7.21. The molecule has 2 nitrogen and oxygen atoms in total. The van der Waals surface area contributed by atoms with Crippen LogP contribution >= 0.6 is 46.1 Å². The van der Waals surface area contributed by atoms with E-state index in [0.717, 1.165) is 27.6 Å². The fraction of sp³-hybridized carbons (Fsp3) is 0.333. The van der Waals surface area contributed by atoms with Crippen molar-refractivity contribution in [2.24, 2.45) is 0 Å². The van der Waals surface area contributed by atoms with Gasteiger partial charge in [0.1, 0.15) is 5.75 Å². The van der Waals surface area contributed by atoms with Crippen molar-refractivity contribution in [1.82, 2.24) is 5.32 Å². The van der Waals surface area contributed by atoms with Gasteiger partial charge in [-0.2, -0.15) is 0 Å². The first-order valence-electron chi connectivity index (χ1n) is 6.49. The molecule has 21 heavy (non-hydrogen) atoms. The Bertz CT molecular complexity index is 642. The Morgan fingerprint density at radius 2 is 1.95 bits per heavy atom. The number of benzene rings is 1. The number of halogens is 3. The highest BCUT2D eigenvalue weighted by Crippen LogP contribution is 2.41. The third-order valence-electron chi connectivity index (χ3n) is 3.18. The molecule has 1 atom stereocenters. The summed E-state index contributed by atoms with van der Waals surface area (Å²) in [6.45, 7) is 4.83. The molecule has 1 N–H and O–H groups in total. The Hall–Kier alpha value is -0.450. The lowest BCUT2D eigenvalue weighted by molar-refractivity contribution is 0.414. The lowest BCUT2D eigenvalue weighted by Crippen LogP contribution is -2.21. The van der Waals surface area contributed by atoms with Gasteiger partial charge in [-0.25, -0.2) is 0 Å². The average molecular weight is 365 g/mol. The first-order chi connectivity index (χ1) is 9.99. The van der Waals surface area contributed by atoms with Gasteiger partial charge in [-0.15, -0.1) is 11.3 Å². The lowest BCUT2D eigenvalue weighted by atomic mass is 10.0. The van der Waals surface area contributed by atoms with Crippen LogP contribution in [0.5, 0.6) is 5.75 Å². The van der Waals surface area contributed by atoms with Gasteiger partial charge in [0.25, 0.3) is 0 Å². The molecule has 0 saturated heterocycles. The number of nitrogens with one attached hydrogen (secondary N) is 1. The van der Waals surface area contributed by atoms with E-state index in [1.54, 1.807) is 24.5 Å². The highest BCUT2D eigenvalue weighted by atomic mass is 35.5. The van der Waals surface area contributed by atoms with Crippen LogP contribution in [0.25, 0.3) is 0 Å². The summed E-state index contributed by atoms with van der Waals surface area (Å²) >= 11 is 20.7. The quantitative estimate of drug-likeness (QED) is 0.732. The van der Waals surface area contributed by atoms with Crippen molar-refractivity contribution in [2.75, 3.05) is 13.7 Å². The number of aryl methyl sites for hydroxylation is 1. The van der Waals surface area contributed by atoms with Crippen LogP contribution in [0.2, 0.25) is 15.1 Å². The zero-order valence-electron chi connectivity index (χ0n) is 12.0. The summed E-state index contributed by atoms with van der Waals surface area (Å²) < 4.78 is 5.19. The molecule has 0 aliphatic rings. The Balaban J connectivity index is 2.53. The molecule has 0 bridgehead atoms. The Kier molecular flexibility index (Phi) is 5.81. The molecule has 0 aliphatic heterocycles. The maximum absolute atomic E-state index is 6.41. The van der Waals surface area contributed by atoms with E-state index in [2.05, 4.69) is 5.32 Å². The molecule has 1 unspecified atom stereocenters. The normalized spacial score (nSPS) is 12.5. The van der Waals surface area contributed by atoms with E-state index in [-0.39, 0.29) is 6.04 Å². The van der Waals surface area contributed by atoms with Crippen LogP contribution < -0.4 is 10.1 Å². The Morgan fingerprint density at radius 3 is 2.48 bits per heavy atom. The largest absolute Gasteiger partial charge is 0.495 e. The minimum atomic E-state index is -0.0860. The molecule has 6 heteroatoms. The smallest absolute Gasteiger partial charge is 0.138 e. The first kappa shape index (κ1) is 16.9. The second-order valence-corrected chi connectivity index (χ2v) is 6.70. The zero-order chi connectivity index (χ0) is 15.6. The highest BCUT2D eigenvalue weighted by molar-refractivity contribution is 7.10. The molecule has 1 aromatic carbocycles. The number of hydrogen-bond donors (Lipinski definition) is 1. The summed E-state index contributed by atoms with van der Waals surface area (Å²) in [5, 5.41) is 7.36. The second-order valence-electron chi connectivity index (χ2n) is 4.60. The summed E-state index contributed by atoms with van der Waals surface area (Å²) in [4.78, 5) is 1.04. The van der Waals surface area contributed by atoms with Crippen LogP contribution in [0.4, 0.5) is 0 Å². The van der Waals surface area contributed by atoms with Gasteiger partial charge in [0.2, 0.25) is 0 Å². The van der Waals surface area contributed by atoms with Crippen LogP contribution in [0.15, 0.2) is 17.5 Å². The van der Waals surface area contributed by atoms with Crippen molar-refractivity contribution in [3.63, 3.8) is 0 Å². The molecule has 0 amide bonds. The molecule has 0 saturated carbocycles. The Labute approximate surface area is 144 Å². The van der Waals surface area contributed by atoms with Crippen molar-refractivity contribution in [3.8, 4) is 5.75 Å². The van der Waals surface area contributed by atoms with Gasteiger partial charge in [-0.1, -0.05) is 41.7 Å². The average Bonchev–Trinajstić information content (AvgIpc) is 2.79. The van der Waals surface area contributed by atoms with Gasteiger partial charge in [0, 0.05) is 16.0 Å². The van der Waals surface area contributed by atoms with E-state index in [0.29, 0.717) is 15.8 Å². The van der Waals surface area contributed by atoms with Gasteiger partial charge in [-0.05, 0) is 36.0 Å². The summed E-state index contributed by atoms with van der Waals surface area (Å²) in [7, 11) is 1.57. The summed E-state index contributed by atoms with van der Waals surface area (Å²) in [5.41, 5.74) is 1.96. The molecule has 2 rings (SSSR count). The van der Waals surface area contributed by atoms with Crippen LogP contribution in [0.1, 0.15) is 29.0 Å². The SMILES string of the molecule is CCNC(c1cc(Cl)c(OC)cc1Cl)c1scc(C)c1Cl. The predicted octanol–water partition coefficient (Wildman–Crippen LogP) is 5.72.